The van der Waals surface area contributed by atoms with E-state index < -0.39 is 24.1 Å². The van der Waals surface area contributed by atoms with E-state index in [0.29, 0.717) is 11.2 Å². The second-order valence-corrected chi connectivity index (χ2v) is 4.80. The number of carboxylic acids is 2. The molecule has 0 radical (unpaired) electrons. The molecule has 0 bridgehead atoms. The number of fused-ring (bicyclic) bond motifs is 1. The number of nitrogens with zero attached hydrogens (tertiary/aromatic N) is 4. The number of rotatable bonds is 3. The Morgan fingerprint density at radius 3 is 1.88 bits per heavy atom. The molecule has 0 aliphatic rings. The summed E-state index contributed by atoms with van der Waals surface area (Å²) in [6, 6.07) is 0. The van der Waals surface area contributed by atoms with Gasteiger partial charge in [0.15, 0.2) is 23.4 Å². The number of hydrogen-bond acceptors (Lipinski definition) is 7. The number of carboxylic acid groups (broad SMARTS) is 2. The Morgan fingerprint density at radius 1 is 1.00 bits per heavy atom. The van der Waals surface area contributed by atoms with Crippen molar-refractivity contribution in [3.8, 4) is 0 Å². The van der Waals surface area contributed by atoms with Crippen molar-refractivity contribution in [3.63, 3.8) is 0 Å². The lowest BCUT2D eigenvalue weighted by molar-refractivity contribution is -0.165. The summed E-state index contributed by atoms with van der Waals surface area (Å²) in [7, 11) is 4.77. The van der Waals surface area contributed by atoms with Gasteiger partial charge in [-0.2, -0.15) is 0 Å². The number of aliphatic hydroxyl groups is 2. The largest absolute Gasteiger partial charge is 0.479 e. The van der Waals surface area contributed by atoms with E-state index in [0.717, 1.165) is 4.57 Å². The van der Waals surface area contributed by atoms with Crippen LogP contribution in [0.1, 0.15) is 0 Å². The second-order valence-electron chi connectivity index (χ2n) is 4.80. The van der Waals surface area contributed by atoms with Gasteiger partial charge in [-0.1, -0.05) is 0 Å². The second kappa shape index (κ2) is 7.06. The molecule has 0 saturated carbocycles. The van der Waals surface area contributed by atoms with Gasteiger partial charge in [0.2, 0.25) is 0 Å². The highest BCUT2D eigenvalue weighted by Crippen LogP contribution is 2.01. The van der Waals surface area contributed by atoms with Gasteiger partial charge in [-0.3, -0.25) is 13.9 Å². The fourth-order valence-electron chi connectivity index (χ4n) is 1.74. The summed E-state index contributed by atoms with van der Waals surface area (Å²) >= 11 is 0. The molecule has 2 unspecified atom stereocenters. The number of aryl methyl sites for hydroxylation is 2. The molecule has 2 aromatic rings. The summed E-state index contributed by atoms with van der Waals surface area (Å²) in [5, 5.41) is 32.5. The Morgan fingerprint density at radius 2 is 1.46 bits per heavy atom. The van der Waals surface area contributed by atoms with Gasteiger partial charge in [0.25, 0.3) is 5.56 Å². The van der Waals surface area contributed by atoms with Crippen LogP contribution >= 0.6 is 0 Å². The average Bonchev–Trinajstić information content (AvgIpc) is 2.91. The Labute approximate surface area is 133 Å². The van der Waals surface area contributed by atoms with E-state index in [1.54, 1.807) is 18.7 Å². The van der Waals surface area contributed by atoms with Crippen LogP contribution in [-0.2, 0) is 30.7 Å². The van der Waals surface area contributed by atoms with Crippen molar-refractivity contribution in [2.24, 2.45) is 21.1 Å². The standard InChI is InChI=1S/C8H10N4O2.C4H6O6/c1-10-4-9-6-5(10)7(13)12(3)8(14)11(6)2;5-1(3(7)8)2(6)4(9)10/h4H,1-3H3;1-2,5-6H,(H,7,8)(H,9,10). The lowest BCUT2D eigenvalue weighted by Gasteiger charge is -2.07. The minimum atomic E-state index is -2.27. The van der Waals surface area contributed by atoms with Gasteiger partial charge in [0.1, 0.15) is 0 Å². The quantitative estimate of drug-likeness (QED) is 0.447. The van der Waals surface area contributed by atoms with Gasteiger partial charge >= 0.3 is 17.6 Å². The maximum atomic E-state index is 11.7. The number of aromatic nitrogens is 4. The number of aliphatic hydroxyl groups excluding tert-OH is 2. The van der Waals surface area contributed by atoms with E-state index in [1.807, 2.05) is 0 Å². The number of aliphatic carboxylic acids is 2. The molecule has 0 aliphatic carbocycles. The van der Waals surface area contributed by atoms with Crippen molar-refractivity contribution in [1.29, 1.82) is 0 Å². The first-order chi connectivity index (χ1) is 11.0. The third-order valence-electron chi connectivity index (χ3n) is 3.12. The number of carbonyl (C=O) groups is 2. The Bertz CT molecular complexity index is 875. The van der Waals surface area contributed by atoms with Gasteiger partial charge in [-0.25, -0.2) is 19.4 Å². The maximum Gasteiger partial charge on any atom is 0.335 e. The topological polar surface area (TPSA) is 177 Å². The molecule has 12 heteroatoms. The molecule has 132 valence electrons. The number of hydrogen-bond donors (Lipinski definition) is 4. The van der Waals surface area contributed by atoms with Crippen LogP contribution in [-0.4, -0.2) is 63.3 Å². The fraction of sp³-hybridized carbons (Fsp3) is 0.417. The van der Waals surface area contributed by atoms with E-state index in [9.17, 15) is 19.2 Å². The van der Waals surface area contributed by atoms with Crippen LogP contribution in [0.15, 0.2) is 15.9 Å². The predicted molar refractivity (Wildman–Crippen MR) is 78.5 cm³/mol. The molecule has 12 nitrogen and oxygen atoms in total. The van der Waals surface area contributed by atoms with Crippen molar-refractivity contribution in [2.45, 2.75) is 12.2 Å². The van der Waals surface area contributed by atoms with Crippen LogP contribution in [0.5, 0.6) is 0 Å². The summed E-state index contributed by atoms with van der Waals surface area (Å²) in [6.07, 6.45) is -3.01. The highest BCUT2D eigenvalue weighted by Gasteiger charge is 2.29. The molecular formula is C12H16N4O8. The SMILES string of the molecule is Cn1c(=O)c2c(ncn2C)n(C)c1=O.O=C(O)C(O)C(O)C(=O)O. The van der Waals surface area contributed by atoms with Gasteiger partial charge in [0.05, 0.1) is 6.33 Å². The minimum absolute atomic E-state index is 0.317. The monoisotopic (exact) mass is 344 g/mol. The lowest BCUT2D eigenvalue weighted by atomic mass is 10.2. The zero-order valence-electron chi connectivity index (χ0n) is 12.9. The van der Waals surface area contributed by atoms with Crippen molar-refractivity contribution in [1.82, 2.24) is 18.7 Å². The van der Waals surface area contributed by atoms with Gasteiger partial charge in [-0.05, 0) is 0 Å². The third kappa shape index (κ3) is 3.49. The molecular weight excluding hydrogens is 328 g/mol. The van der Waals surface area contributed by atoms with Crippen LogP contribution in [0.4, 0.5) is 0 Å². The summed E-state index contributed by atoms with van der Waals surface area (Å²) < 4.78 is 4.04. The maximum absolute atomic E-state index is 11.7. The third-order valence-corrected chi connectivity index (χ3v) is 3.12. The van der Waals surface area contributed by atoms with Crippen LogP contribution < -0.4 is 11.2 Å². The first-order valence-corrected chi connectivity index (χ1v) is 6.39. The zero-order valence-corrected chi connectivity index (χ0v) is 12.9. The molecule has 0 saturated heterocycles. The van der Waals surface area contributed by atoms with Crippen molar-refractivity contribution >= 4 is 23.1 Å². The molecule has 0 amide bonds. The highest BCUT2D eigenvalue weighted by atomic mass is 16.4. The summed E-state index contributed by atoms with van der Waals surface area (Å²) in [6.45, 7) is 0. The van der Waals surface area contributed by atoms with E-state index in [-0.39, 0.29) is 11.2 Å². The van der Waals surface area contributed by atoms with Crippen LogP contribution in [0.25, 0.3) is 11.2 Å². The average molecular weight is 344 g/mol. The van der Waals surface area contributed by atoms with Crippen molar-refractivity contribution < 1.29 is 30.0 Å². The van der Waals surface area contributed by atoms with E-state index >= 15 is 0 Å². The Balaban J connectivity index is 0.000000257. The highest BCUT2D eigenvalue weighted by molar-refractivity contribution is 5.83. The van der Waals surface area contributed by atoms with Gasteiger partial charge in [0, 0.05) is 21.1 Å². The molecule has 4 N–H and O–H groups in total. The van der Waals surface area contributed by atoms with Crippen molar-refractivity contribution in [2.75, 3.05) is 0 Å². The van der Waals surface area contributed by atoms with Crippen LogP contribution in [0, 0.1) is 0 Å². The van der Waals surface area contributed by atoms with E-state index in [2.05, 4.69) is 4.98 Å². The smallest absolute Gasteiger partial charge is 0.335 e. The number of imidazole rings is 1. The molecule has 2 aromatic heterocycles. The molecule has 0 fully saturated rings. The van der Waals surface area contributed by atoms with E-state index in [1.165, 1.54) is 17.9 Å². The van der Waals surface area contributed by atoms with E-state index in [4.69, 9.17) is 20.4 Å². The van der Waals surface area contributed by atoms with Crippen LogP contribution in [0.2, 0.25) is 0 Å². The molecule has 0 spiro atoms. The molecule has 24 heavy (non-hydrogen) atoms. The molecule has 0 aliphatic heterocycles. The Hall–Kier alpha value is -2.99. The fourth-order valence-corrected chi connectivity index (χ4v) is 1.74. The summed E-state index contributed by atoms with van der Waals surface area (Å²) in [4.78, 5) is 46.7. The molecule has 0 aromatic carbocycles. The first kappa shape index (κ1) is 19.1. The van der Waals surface area contributed by atoms with Gasteiger partial charge in [-0.15, -0.1) is 0 Å². The Kier molecular flexibility index (Phi) is 5.60. The molecule has 2 heterocycles. The zero-order chi connectivity index (χ0) is 18.8. The summed E-state index contributed by atoms with van der Waals surface area (Å²) in [5.41, 5.74) is 0.180. The normalized spacial score (nSPS) is 13.0. The predicted octanol–water partition coefficient (Wildman–Crippen LogP) is -3.15. The molecule has 2 rings (SSSR count). The first-order valence-electron chi connectivity index (χ1n) is 6.39. The van der Waals surface area contributed by atoms with Crippen LogP contribution in [0.3, 0.4) is 0 Å². The summed E-state index contributed by atoms with van der Waals surface area (Å²) in [5.74, 6) is -3.54. The van der Waals surface area contributed by atoms with Crippen molar-refractivity contribution in [3.05, 3.63) is 27.2 Å². The minimum Gasteiger partial charge on any atom is -0.479 e. The molecule has 2 atom stereocenters. The van der Waals surface area contributed by atoms with Gasteiger partial charge < -0.3 is 25.0 Å². The lowest BCUT2D eigenvalue weighted by Crippen LogP contribution is -2.39.